The molecule has 3 heterocycles. The monoisotopic (exact) mass is 376 g/mol. The zero-order valence-corrected chi connectivity index (χ0v) is 16.1. The van der Waals surface area contributed by atoms with Crippen LogP contribution >= 0.6 is 0 Å². The van der Waals surface area contributed by atoms with Gasteiger partial charge in [0.05, 0.1) is 0 Å². The van der Waals surface area contributed by atoms with Gasteiger partial charge < -0.3 is 19.8 Å². The molecule has 1 aliphatic heterocycles. The molecule has 4 rings (SSSR count). The van der Waals surface area contributed by atoms with Gasteiger partial charge >= 0.3 is 0 Å². The van der Waals surface area contributed by atoms with Gasteiger partial charge in [0.25, 0.3) is 0 Å². The Morgan fingerprint density at radius 2 is 1.96 bits per heavy atom. The lowest BCUT2D eigenvalue weighted by Crippen LogP contribution is -2.20. The van der Waals surface area contributed by atoms with Gasteiger partial charge in [0.15, 0.2) is 11.6 Å². The number of fused-ring (bicyclic) bond motifs is 1. The largest absolute Gasteiger partial charge is 0.364 e. The molecule has 6 heteroatoms. The second-order valence-electron chi connectivity index (χ2n) is 7.19. The van der Waals surface area contributed by atoms with Crippen LogP contribution in [0.2, 0.25) is 0 Å². The summed E-state index contributed by atoms with van der Waals surface area (Å²) in [6.07, 6.45) is 8.90. The van der Waals surface area contributed by atoms with Crippen molar-refractivity contribution in [1.82, 2.24) is 15.0 Å². The van der Waals surface area contributed by atoms with Gasteiger partial charge in [-0.3, -0.25) is 0 Å². The van der Waals surface area contributed by atoms with Crippen molar-refractivity contribution in [3.05, 3.63) is 72.7 Å². The summed E-state index contributed by atoms with van der Waals surface area (Å²) in [5, 5.41) is 3.38. The van der Waals surface area contributed by atoms with E-state index in [2.05, 4.69) is 39.0 Å². The third kappa shape index (κ3) is 3.83. The molecule has 0 amide bonds. The summed E-state index contributed by atoms with van der Waals surface area (Å²) in [6, 6.07) is 10.2. The zero-order chi connectivity index (χ0) is 19.6. The molecule has 0 radical (unpaired) electrons. The summed E-state index contributed by atoms with van der Waals surface area (Å²) in [5.41, 5.74) is 3.89. The Labute approximate surface area is 164 Å². The van der Waals surface area contributed by atoms with Crippen LogP contribution in [0, 0.1) is 0 Å². The number of aromatic nitrogens is 3. The van der Waals surface area contributed by atoms with E-state index in [4.69, 9.17) is 9.47 Å². The van der Waals surface area contributed by atoms with Crippen LogP contribution in [0.5, 0.6) is 0 Å². The van der Waals surface area contributed by atoms with Gasteiger partial charge in [-0.2, -0.15) is 0 Å². The first kappa shape index (κ1) is 18.4. The highest BCUT2D eigenvalue weighted by Crippen LogP contribution is 2.30. The van der Waals surface area contributed by atoms with E-state index in [-0.39, 0.29) is 12.2 Å². The van der Waals surface area contributed by atoms with Crippen molar-refractivity contribution in [1.29, 1.82) is 0 Å². The lowest BCUT2D eigenvalue weighted by Gasteiger charge is -2.15. The molecular formula is C22H24N4O2. The number of nitrogens with one attached hydrogen (secondary N) is 2. The van der Waals surface area contributed by atoms with Crippen molar-refractivity contribution < 1.29 is 9.47 Å². The maximum absolute atomic E-state index is 5.94. The van der Waals surface area contributed by atoms with E-state index < -0.39 is 5.79 Å². The highest BCUT2D eigenvalue weighted by molar-refractivity contribution is 5.92. The molecule has 2 atom stereocenters. The third-order valence-electron chi connectivity index (χ3n) is 4.66. The van der Waals surface area contributed by atoms with Crippen molar-refractivity contribution in [2.45, 2.75) is 38.4 Å². The molecule has 0 saturated carbocycles. The molecule has 1 fully saturated rings. The number of aromatic amines is 1. The molecule has 0 bridgehead atoms. The van der Waals surface area contributed by atoms with Crippen LogP contribution in [-0.2, 0) is 16.0 Å². The van der Waals surface area contributed by atoms with Gasteiger partial charge in [-0.25, -0.2) is 9.97 Å². The first-order valence-electron chi connectivity index (χ1n) is 9.32. The van der Waals surface area contributed by atoms with E-state index in [1.165, 1.54) is 5.56 Å². The topological polar surface area (TPSA) is 72.1 Å². The van der Waals surface area contributed by atoms with Crippen LogP contribution in [0.4, 0.5) is 5.82 Å². The minimum atomic E-state index is -0.620. The number of H-pyrrole nitrogens is 1. The second-order valence-corrected chi connectivity index (χ2v) is 7.19. The Bertz CT molecular complexity index is 994. The normalized spacial score (nSPS) is 21.4. The fraction of sp³-hybridized carbons (Fsp3) is 0.273. The Morgan fingerprint density at radius 3 is 2.75 bits per heavy atom. The zero-order valence-electron chi connectivity index (χ0n) is 16.1. The highest BCUT2D eigenvalue weighted by atomic mass is 16.7. The van der Waals surface area contributed by atoms with E-state index >= 15 is 0 Å². The highest BCUT2D eigenvalue weighted by Gasteiger charge is 2.38. The summed E-state index contributed by atoms with van der Waals surface area (Å²) in [5.74, 6) is 0.157. The summed E-state index contributed by atoms with van der Waals surface area (Å²) < 4.78 is 11.8. The van der Waals surface area contributed by atoms with Crippen LogP contribution in [0.3, 0.4) is 0 Å². The van der Waals surface area contributed by atoms with Gasteiger partial charge in [0.1, 0.15) is 29.6 Å². The van der Waals surface area contributed by atoms with Crippen molar-refractivity contribution in [3.8, 4) is 0 Å². The van der Waals surface area contributed by atoms with E-state index in [1.54, 1.807) is 12.4 Å². The third-order valence-corrected chi connectivity index (χ3v) is 4.66. The maximum atomic E-state index is 5.94. The number of hydrogen-bond donors (Lipinski definition) is 2. The standard InChI is InChI=1S/C22H24N4O2/c1-4-17-18(28-22(2,3)27-17)11-10-16-13-23-20-19(16)25-14-26-21(20)24-12-15-8-6-5-7-9-15/h4-11,13-14,17-18,23H,1,12H2,2-3H3,(H,24,25,26). The Balaban J connectivity index is 1.54. The molecule has 3 aromatic rings. The molecule has 0 spiro atoms. The number of ether oxygens (including phenoxy) is 2. The molecule has 2 N–H and O–H groups in total. The van der Waals surface area contributed by atoms with Gasteiger partial charge in [0, 0.05) is 18.3 Å². The molecule has 1 aliphatic rings. The summed E-state index contributed by atoms with van der Waals surface area (Å²) in [6.45, 7) is 8.34. The molecule has 28 heavy (non-hydrogen) atoms. The van der Waals surface area contributed by atoms with Crippen LogP contribution in [-0.4, -0.2) is 32.9 Å². The maximum Gasteiger partial charge on any atom is 0.164 e. The molecule has 6 nitrogen and oxygen atoms in total. The molecule has 1 saturated heterocycles. The van der Waals surface area contributed by atoms with Crippen LogP contribution in [0.15, 0.2) is 61.6 Å². The minimum absolute atomic E-state index is 0.172. The number of benzene rings is 1. The fourth-order valence-electron chi connectivity index (χ4n) is 3.35. The first-order chi connectivity index (χ1) is 13.6. The fourth-order valence-corrected chi connectivity index (χ4v) is 3.35. The summed E-state index contributed by atoms with van der Waals surface area (Å²) in [4.78, 5) is 12.1. The number of anilines is 1. The van der Waals surface area contributed by atoms with Crippen molar-refractivity contribution in [2.24, 2.45) is 0 Å². The Morgan fingerprint density at radius 1 is 1.18 bits per heavy atom. The van der Waals surface area contributed by atoms with E-state index in [0.717, 1.165) is 22.4 Å². The SMILES string of the molecule is C=CC1OC(C)(C)OC1C=Cc1c[nH]c2c(NCc3ccccc3)ncnc12. The van der Waals surface area contributed by atoms with Crippen LogP contribution in [0.25, 0.3) is 17.1 Å². The average Bonchev–Trinajstić information content (AvgIpc) is 3.25. The Kier molecular flexibility index (Phi) is 4.98. The summed E-state index contributed by atoms with van der Waals surface area (Å²) in [7, 11) is 0. The molecule has 0 aliphatic carbocycles. The smallest absolute Gasteiger partial charge is 0.164 e. The van der Waals surface area contributed by atoms with Crippen LogP contribution in [0.1, 0.15) is 25.0 Å². The lowest BCUT2D eigenvalue weighted by molar-refractivity contribution is -0.138. The van der Waals surface area contributed by atoms with E-state index in [0.29, 0.717) is 6.54 Å². The number of nitrogens with zero attached hydrogens (tertiary/aromatic N) is 2. The predicted molar refractivity (Wildman–Crippen MR) is 111 cm³/mol. The number of hydrogen-bond acceptors (Lipinski definition) is 5. The predicted octanol–water partition coefficient (Wildman–Crippen LogP) is 4.29. The van der Waals surface area contributed by atoms with Gasteiger partial charge in [-0.05, 0) is 19.4 Å². The average molecular weight is 376 g/mol. The van der Waals surface area contributed by atoms with Gasteiger partial charge in [-0.1, -0.05) is 48.6 Å². The minimum Gasteiger partial charge on any atom is -0.364 e. The lowest BCUT2D eigenvalue weighted by atomic mass is 10.1. The van der Waals surface area contributed by atoms with Crippen molar-refractivity contribution >= 4 is 22.9 Å². The van der Waals surface area contributed by atoms with Crippen molar-refractivity contribution in [3.63, 3.8) is 0 Å². The van der Waals surface area contributed by atoms with Gasteiger partial charge in [0.2, 0.25) is 0 Å². The van der Waals surface area contributed by atoms with E-state index in [1.807, 2.05) is 50.4 Å². The first-order valence-corrected chi connectivity index (χ1v) is 9.32. The molecule has 1 aromatic carbocycles. The van der Waals surface area contributed by atoms with Crippen LogP contribution < -0.4 is 5.32 Å². The quantitative estimate of drug-likeness (QED) is 0.628. The molecule has 2 aromatic heterocycles. The molecule has 2 unspecified atom stereocenters. The molecule has 144 valence electrons. The van der Waals surface area contributed by atoms with Crippen molar-refractivity contribution in [2.75, 3.05) is 5.32 Å². The van der Waals surface area contributed by atoms with E-state index in [9.17, 15) is 0 Å². The number of rotatable bonds is 6. The second kappa shape index (κ2) is 7.58. The van der Waals surface area contributed by atoms with Gasteiger partial charge in [-0.15, -0.1) is 6.58 Å². The molecular weight excluding hydrogens is 352 g/mol. The Hall–Kier alpha value is -2.96. The summed E-state index contributed by atoms with van der Waals surface area (Å²) >= 11 is 0.